The van der Waals surface area contributed by atoms with Crippen LogP contribution >= 0.6 is 0 Å². The van der Waals surface area contributed by atoms with Gasteiger partial charge in [-0.05, 0) is 55.5 Å². The number of carbonyl (C=O) groups excluding carboxylic acids is 1. The molecule has 0 bridgehead atoms. The van der Waals surface area contributed by atoms with Gasteiger partial charge in [-0.3, -0.25) is 9.69 Å². The summed E-state index contributed by atoms with van der Waals surface area (Å²) < 4.78 is 28.3. The van der Waals surface area contributed by atoms with E-state index in [1.54, 1.807) is 12.1 Å². The topological polar surface area (TPSA) is 78.5 Å². The molecule has 4 rings (SSSR count). The average Bonchev–Trinajstić information content (AvgIpc) is 3.54. The Labute approximate surface area is 172 Å². The number of carbonyl (C=O) groups is 1. The van der Waals surface area contributed by atoms with Crippen LogP contribution in [0.15, 0.2) is 59.5 Å². The highest BCUT2D eigenvalue weighted by Gasteiger charge is 2.26. The lowest BCUT2D eigenvalue weighted by Crippen LogP contribution is -2.44. The Balaban J connectivity index is 1.30. The number of likely N-dealkylation sites (tertiary alicyclic amines) is 1. The smallest absolute Gasteiger partial charge is 0.251 e. The molecule has 1 saturated heterocycles. The highest BCUT2D eigenvalue weighted by Crippen LogP contribution is 2.20. The molecule has 2 aromatic carbocycles. The summed E-state index contributed by atoms with van der Waals surface area (Å²) in [6.07, 6.45) is 3.61. The molecule has 1 amide bonds. The van der Waals surface area contributed by atoms with E-state index in [0.717, 1.165) is 45.3 Å². The van der Waals surface area contributed by atoms with Crippen molar-refractivity contribution in [2.45, 2.75) is 49.2 Å². The molecule has 0 radical (unpaired) electrons. The lowest BCUT2D eigenvalue weighted by Gasteiger charge is -2.32. The maximum atomic E-state index is 12.7. The molecule has 0 atom stereocenters. The average molecular weight is 414 g/mol. The molecule has 1 heterocycles. The third-order valence-electron chi connectivity index (χ3n) is 5.50. The summed E-state index contributed by atoms with van der Waals surface area (Å²) in [5.41, 5.74) is 1.77. The van der Waals surface area contributed by atoms with Gasteiger partial charge in [0, 0.05) is 37.3 Å². The molecule has 0 aromatic heterocycles. The summed E-state index contributed by atoms with van der Waals surface area (Å²) in [7, 11) is -3.59. The minimum atomic E-state index is -3.59. The number of benzene rings is 2. The van der Waals surface area contributed by atoms with Gasteiger partial charge in [-0.15, -0.1) is 0 Å². The van der Waals surface area contributed by atoms with Gasteiger partial charge in [0.25, 0.3) is 5.91 Å². The minimum absolute atomic E-state index is 0.0649. The van der Waals surface area contributed by atoms with Crippen molar-refractivity contribution in [3.05, 3.63) is 65.7 Å². The molecule has 2 aliphatic rings. The van der Waals surface area contributed by atoms with Crippen LogP contribution in [-0.2, 0) is 16.6 Å². The zero-order valence-electron chi connectivity index (χ0n) is 16.4. The highest BCUT2D eigenvalue weighted by molar-refractivity contribution is 7.89. The van der Waals surface area contributed by atoms with E-state index in [-0.39, 0.29) is 22.9 Å². The van der Waals surface area contributed by atoms with Gasteiger partial charge in [-0.1, -0.05) is 30.3 Å². The Morgan fingerprint density at radius 2 is 1.55 bits per heavy atom. The van der Waals surface area contributed by atoms with Crippen molar-refractivity contribution in [3.63, 3.8) is 0 Å². The second-order valence-corrected chi connectivity index (χ2v) is 9.64. The third kappa shape index (κ3) is 5.44. The van der Waals surface area contributed by atoms with E-state index in [2.05, 4.69) is 27.1 Å². The van der Waals surface area contributed by atoms with Crippen molar-refractivity contribution in [2.24, 2.45) is 0 Å². The quantitative estimate of drug-likeness (QED) is 0.731. The van der Waals surface area contributed by atoms with Crippen molar-refractivity contribution < 1.29 is 13.2 Å². The van der Waals surface area contributed by atoms with Gasteiger partial charge in [0.15, 0.2) is 0 Å². The lowest BCUT2D eigenvalue weighted by atomic mass is 10.1. The molecular formula is C22H27N3O3S. The maximum Gasteiger partial charge on any atom is 0.251 e. The van der Waals surface area contributed by atoms with Crippen molar-refractivity contribution >= 4 is 15.9 Å². The van der Waals surface area contributed by atoms with Gasteiger partial charge in [0.2, 0.25) is 10.0 Å². The van der Waals surface area contributed by atoms with E-state index in [1.165, 1.54) is 17.7 Å². The molecule has 29 heavy (non-hydrogen) atoms. The van der Waals surface area contributed by atoms with Crippen molar-refractivity contribution in [2.75, 3.05) is 13.1 Å². The molecule has 154 valence electrons. The molecule has 1 saturated carbocycles. The minimum Gasteiger partial charge on any atom is -0.349 e. The van der Waals surface area contributed by atoms with E-state index >= 15 is 0 Å². The van der Waals surface area contributed by atoms with Gasteiger partial charge in [0.05, 0.1) is 4.90 Å². The summed E-state index contributed by atoms with van der Waals surface area (Å²) in [5, 5.41) is 2.91. The van der Waals surface area contributed by atoms with Gasteiger partial charge >= 0.3 is 0 Å². The van der Waals surface area contributed by atoms with Crippen molar-refractivity contribution in [1.82, 2.24) is 14.9 Å². The van der Waals surface area contributed by atoms with Crippen LogP contribution in [-0.4, -0.2) is 44.4 Å². The van der Waals surface area contributed by atoms with Gasteiger partial charge in [-0.25, -0.2) is 13.1 Å². The summed E-state index contributed by atoms with van der Waals surface area (Å²) in [5.74, 6) is -0.143. The summed E-state index contributed by atoms with van der Waals surface area (Å²) in [4.78, 5) is 14.6. The first-order chi connectivity index (χ1) is 14.0. The number of rotatable bonds is 7. The molecule has 2 N–H and O–H groups in total. The number of amides is 1. The first-order valence-electron chi connectivity index (χ1n) is 10.2. The Kier molecular flexibility index (Phi) is 5.99. The van der Waals surface area contributed by atoms with Crippen LogP contribution in [0.4, 0.5) is 0 Å². The lowest BCUT2D eigenvalue weighted by molar-refractivity contribution is 0.0951. The van der Waals surface area contributed by atoms with Crippen LogP contribution in [0.5, 0.6) is 0 Å². The Hall–Kier alpha value is -2.22. The highest BCUT2D eigenvalue weighted by atomic mass is 32.2. The number of hydrogen-bond donors (Lipinski definition) is 2. The van der Waals surface area contributed by atoms with Gasteiger partial charge < -0.3 is 5.32 Å². The van der Waals surface area contributed by atoms with Crippen molar-refractivity contribution in [3.8, 4) is 0 Å². The second kappa shape index (κ2) is 8.65. The van der Waals surface area contributed by atoms with Crippen LogP contribution in [0.2, 0.25) is 0 Å². The number of sulfonamides is 1. The molecule has 6 nitrogen and oxygen atoms in total. The summed E-state index contributed by atoms with van der Waals surface area (Å²) in [6.45, 7) is 2.62. The standard InChI is InChI=1S/C22H27N3O3S/c26-22(23-19-8-9-19)18-6-10-21(11-7-18)29(27,28)24-20-12-14-25(15-13-20)16-17-4-2-1-3-5-17/h1-7,10-11,19-20,24H,8-9,12-16H2,(H,23,26). The van der Waals surface area contributed by atoms with Crippen LogP contribution < -0.4 is 10.0 Å². The number of piperidine rings is 1. The normalized spacial score (nSPS) is 18.5. The first kappa shape index (κ1) is 20.1. The van der Waals surface area contributed by atoms with E-state index in [9.17, 15) is 13.2 Å². The Morgan fingerprint density at radius 1 is 0.897 bits per heavy atom. The Bertz CT molecular complexity index is 933. The number of nitrogens with one attached hydrogen (secondary N) is 2. The molecule has 2 fully saturated rings. The molecule has 0 unspecified atom stereocenters. The van der Waals surface area contributed by atoms with Crippen LogP contribution in [0.1, 0.15) is 41.6 Å². The predicted molar refractivity (Wildman–Crippen MR) is 112 cm³/mol. The molecular weight excluding hydrogens is 386 g/mol. The molecule has 1 aliphatic heterocycles. The SMILES string of the molecule is O=C(NC1CC1)c1ccc(S(=O)(=O)NC2CCN(Cc3ccccc3)CC2)cc1. The fourth-order valence-corrected chi connectivity index (χ4v) is 4.92. The van der Waals surface area contributed by atoms with E-state index < -0.39 is 10.0 Å². The predicted octanol–water partition coefficient (Wildman–Crippen LogP) is 2.52. The largest absolute Gasteiger partial charge is 0.349 e. The third-order valence-corrected chi connectivity index (χ3v) is 7.03. The number of nitrogens with zero attached hydrogens (tertiary/aromatic N) is 1. The number of hydrogen-bond acceptors (Lipinski definition) is 4. The fraction of sp³-hybridized carbons (Fsp3) is 0.409. The zero-order valence-corrected chi connectivity index (χ0v) is 17.2. The molecule has 1 aliphatic carbocycles. The molecule has 7 heteroatoms. The van der Waals surface area contributed by atoms with Crippen LogP contribution in [0, 0.1) is 0 Å². The fourth-order valence-electron chi connectivity index (χ4n) is 3.62. The Morgan fingerprint density at radius 3 is 2.17 bits per heavy atom. The molecule has 2 aromatic rings. The zero-order chi connectivity index (χ0) is 20.3. The molecule has 0 spiro atoms. The van der Waals surface area contributed by atoms with Gasteiger partial charge in [0.1, 0.15) is 0 Å². The maximum absolute atomic E-state index is 12.7. The van der Waals surface area contributed by atoms with E-state index in [1.807, 2.05) is 18.2 Å². The first-order valence-corrected chi connectivity index (χ1v) is 11.7. The monoisotopic (exact) mass is 413 g/mol. The van der Waals surface area contributed by atoms with Crippen molar-refractivity contribution in [1.29, 1.82) is 0 Å². The summed E-state index contributed by atoms with van der Waals surface area (Å²) in [6, 6.07) is 16.7. The summed E-state index contributed by atoms with van der Waals surface area (Å²) >= 11 is 0. The van der Waals surface area contributed by atoms with E-state index in [0.29, 0.717) is 5.56 Å². The van der Waals surface area contributed by atoms with E-state index in [4.69, 9.17) is 0 Å². The van der Waals surface area contributed by atoms with Crippen LogP contribution in [0.3, 0.4) is 0 Å². The second-order valence-electron chi connectivity index (χ2n) is 7.93. The van der Waals surface area contributed by atoms with Crippen LogP contribution in [0.25, 0.3) is 0 Å². The van der Waals surface area contributed by atoms with Gasteiger partial charge in [-0.2, -0.15) is 0 Å².